The average Bonchev–Trinajstić information content (AvgIpc) is 2.32. The highest BCUT2D eigenvalue weighted by Crippen LogP contribution is 2.17. The number of benzene rings is 1. The number of piperidine rings is 1. The highest BCUT2D eigenvalue weighted by molar-refractivity contribution is 6.30. The second kappa shape index (κ2) is 5.62. The molecule has 1 saturated heterocycles. The van der Waals surface area contributed by atoms with Crippen LogP contribution in [0.5, 0.6) is 0 Å². The third-order valence-corrected chi connectivity index (χ3v) is 2.97. The molecule has 0 aromatic heterocycles. The van der Waals surface area contributed by atoms with Gasteiger partial charge in [0.05, 0.1) is 12.7 Å². The lowest BCUT2D eigenvalue weighted by atomic mass is 10.1. The summed E-state index contributed by atoms with van der Waals surface area (Å²) in [5.74, 6) is -0.256. The van der Waals surface area contributed by atoms with Gasteiger partial charge in [0, 0.05) is 17.1 Å². The number of halogens is 2. The van der Waals surface area contributed by atoms with E-state index in [4.69, 9.17) is 16.3 Å². The van der Waals surface area contributed by atoms with Crippen molar-refractivity contribution in [3.05, 3.63) is 34.6 Å². The minimum atomic E-state index is -0.256. The molecule has 1 N–H and O–H groups in total. The molecule has 0 bridgehead atoms. The van der Waals surface area contributed by atoms with E-state index in [2.05, 4.69) is 5.32 Å². The summed E-state index contributed by atoms with van der Waals surface area (Å²) < 4.78 is 19.0. The molecule has 1 fully saturated rings. The van der Waals surface area contributed by atoms with Crippen LogP contribution >= 0.6 is 11.6 Å². The molecule has 0 amide bonds. The number of ether oxygens (including phenoxy) is 1. The molecule has 0 aliphatic carbocycles. The van der Waals surface area contributed by atoms with Crippen LogP contribution < -0.4 is 5.32 Å². The number of hydrogen-bond acceptors (Lipinski definition) is 2. The first-order chi connectivity index (χ1) is 7.75. The predicted molar refractivity (Wildman–Crippen MR) is 62.1 cm³/mol. The maximum atomic E-state index is 13.4. The van der Waals surface area contributed by atoms with Gasteiger partial charge in [0.2, 0.25) is 0 Å². The van der Waals surface area contributed by atoms with Gasteiger partial charge in [-0.2, -0.15) is 0 Å². The Hall–Kier alpha value is -0.640. The molecule has 1 aromatic rings. The first-order valence-corrected chi connectivity index (χ1v) is 5.90. The molecule has 1 aliphatic rings. The van der Waals surface area contributed by atoms with Crippen LogP contribution in [-0.2, 0) is 11.3 Å². The Bertz CT molecular complexity index is 353. The molecule has 1 aliphatic heterocycles. The van der Waals surface area contributed by atoms with Crippen molar-refractivity contribution < 1.29 is 9.13 Å². The molecule has 0 unspecified atom stereocenters. The van der Waals surface area contributed by atoms with E-state index in [1.54, 1.807) is 12.1 Å². The summed E-state index contributed by atoms with van der Waals surface area (Å²) >= 11 is 5.80. The molecule has 4 heteroatoms. The predicted octanol–water partition coefficient (Wildman–Crippen LogP) is 2.75. The highest BCUT2D eigenvalue weighted by atomic mass is 35.5. The second-order valence-electron chi connectivity index (χ2n) is 4.02. The molecule has 0 radical (unpaired) electrons. The summed E-state index contributed by atoms with van der Waals surface area (Å²) in [5.41, 5.74) is 0.526. The van der Waals surface area contributed by atoms with E-state index < -0.39 is 0 Å². The van der Waals surface area contributed by atoms with Gasteiger partial charge < -0.3 is 10.1 Å². The van der Waals surface area contributed by atoms with Crippen LogP contribution in [0.15, 0.2) is 18.2 Å². The highest BCUT2D eigenvalue weighted by Gasteiger charge is 2.14. The van der Waals surface area contributed by atoms with Crippen molar-refractivity contribution in [2.75, 3.05) is 13.1 Å². The van der Waals surface area contributed by atoms with E-state index in [-0.39, 0.29) is 11.9 Å². The van der Waals surface area contributed by atoms with E-state index >= 15 is 0 Å². The molecule has 1 aromatic carbocycles. The van der Waals surface area contributed by atoms with Gasteiger partial charge in [0.25, 0.3) is 0 Å². The van der Waals surface area contributed by atoms with Gasteiger partial charge in [-0.05, 0) is 37.6 Å². The van der Waals surface area contributed by atoms with Crippen molar-refractivity contribution >= 4 is 11.6 Å². The Morgan fingerprint density at radius 1 is 1.50 bits per heavy atom. The van der Waals surface area contributed by atoms with Gasteiger partial charge in [-0.1, -0.05) is 11.6 Å². The molecule has 1 heterocycles. The Morgan fingerprint density at radius 3 is 3.12 bits per heavy atom. The minimum absolute atomic E-state index is 0.187. The molecule has 16 heavy (non-hydrogen) atoms. The van der Waals surface area contributed by atoms with E-state index in [0.29, 0.717) is 17.2 Å². The van der Waals surface area contributed by atoms with Gasteiger partial charge in [-0.3, -0.25) is 0 Å². The van der Waals surface area contributed by atoms with Crippen molar-refractivity contribution in [1.29, 1.82) is 0 Å². The first-order valence-electron chi connectivity index (χ1n) is 5.52. The van der Waals surface area contributed by atoms with Crippen molar-refractivity contribution in [3.63, 3.8) is 0 Å². The van der Waals surface area contributed by atoms with Gasteiger partial charge >= 0.3 is 0 Å². The zero-order chi connectivity index (χ0) is 11.4. The molecule has 88 valence electrons. The summed E-state index contributed by atoms with van der Waals surface area (Å²) in [7, 11) is 0. The number of hydrogen-bond donors (Lipinski definition) is 1. The Kier molecular flexibility index (Phi) is 4.16. The smallest absolute Gasteiger partial charge is 0.128 e. The van der Waals surface area contributed by atoms with Gasteiger partial charge in [-0.15, -0.1) is 0 Å². The van der Waals surface area contributed by atoms with Crippen molar-refractivity contribution in [3.8, 4) is 0 Å². The lowest BCUT2D eigenvalue weighted by molar-refractivity contribution is 0.0239. The minimum Gasteiger partial charge on any atom is -0.372 e. The Balaban J connectivity index is 1.90. The fraction of sp³-hybridized carbons (Fsp3) is 0.500. The van der Waals surface area contributed by atoms with E-state index in [9.17, 15) is 4.39 Å². The molecule has 1 atom stereocenters. The number of nitrogens with one attached hydrogen (secondary N) is 1. The summed E-state index contributed by atoms with van der Waals surface area (Å²) in [4.78, 5) is 0. The molecule has 2 nitrogen and oxygen atoms in total. The summed E-state index contributed by atoms with van der Waals surface area (Å²) in [6, 6.07) is 4.54. The van der Waals surface area contributed by atoms with E-state index in [0.717, 1.165) is 25.9 Å². The lowest BCUT2D eigenvalue weighted by Gasteiger charge is -2.23. The topological polar surface area (TPSA) is 21.3 Å². The molecule has 2 rings (SSSR count). The van der Waals surface area contributed by atoms with E-state index in [1.165, 1.54) is 6.07 Å². The van der Waals surface area contributed by atoms with Crippen molar-refractivity contribution in [2.24, 2.45) is 0 Å². The van der Waals surface area contributed by atoms with Crippen molar-refractivity contribution in [2.45, 2.75) is 25.6 Å². The van der Waals surface area contributed by atoms with Crippen LogP contribution in [0.1, 0.15) is 18.4 Å². The van der Waals surface area contributed by atoms with Gasteiger partial charge in [-0.25, -0.2) is 4.39 Å². The van der Waals surface area contributed by atoms with Crippen LogP contribution in [0.25, 0.3) is 0 Å². The van der Waals surface area contributed by atoms with E-state index in [1.807, 2.05) is 0 Å². The van der Waals surface area contributed by atoms with Crippen LogP contribution in [0.3, 0.4) is 0 Å². The normalized spacial score (nSPS) is 21.0. The number of rotatable bonds is 3. The van der Waals surface area contributed by atoms with Gasteiger partial charge in [0.1, 0.15) is 5.82 Å². The lowest BCUT2D eigenvalue weighted by Crippen LogP contribution is -2.35. The van der Waals surface area contributed by atoms with Crippen LogP contribution in [0.2, 0.25) is 5.02 Å². The SMILES string of the molecule is Fc1ccc(Cl)cc1CO[C@H]1CCCNC1. The largest absolute Gasteiger partial charge is 0.372 e. The maximum Gasteiger partial charge on any atom is 0.128 e. The molecular formula is C12H15ClFNO. The molecule has 0 spiro atoms. The zero-order valence-electron chi connectivity index (χ0n) is 9.01. The Labute approximate surface area is 99.7 Å². The maximum absolute atomic E-state index is 13.4. The summed E-state index contributed by atoms with van der Waals surface area (Å²) in [5, 5.41) is 3.80. The molecule has 0 saturated carbocycles. The Morgan fingerprint density at radius 2 is 2.38 bits per heavy atom. The van der Waals surface area contributed by atoms with Crippen LogP contribution in [0.4, 0.5) is 4.39 Å². The second-order valence-corrected chi connectivity index (χ2v) is 4.45. The standard InChI is InChI=1S/C12H15ClFNO/c13-10-3-4-12(14)9(6-10)8-16-11-2-1-5-15-7-11/h3-4,6,11,15H,1-2,5,7-8H2/t11-/m0/s1. The summed E-state index contributed by atoms with van der Waals surface area (Å²) in [6.45, 7) is 2.19. The first kappa shape index (κ1) is 11.8. The quantitative estimate of drug-likeness (QED) is 0.882. The third-order valence-electron chi connectivity index (χ3n) is 2.73. The van der Waals surface area contributed by atoms with Crippen LogP contribution in [-0.4, -0.2) is 19.2 Å². The average molecular weight is 244 g/mol. The van der Waals surface area contributed by atoms with Crippen molar-refractivity contribution in [1.82, 2.24) is 5.32 Å². The fourth-order valence-corrected chi connectivity index (χ4v) is 2.02. The third kappa shape index (κ3) is 3.17. The monoisotopic (exact) mass is 243 g/mol. The van der Waals surface area contributed by atoms with Gasteiger partial charge in [0.15, 0.2) is 0 Å². The summed E-state index contributed by atoms with van der Waals surface area (Å²) in [6.07, 6.45) is 2.34. The zero-order valence-corrected chi connectivity index (χ0v) is 9.77. The van der Waals surface area contributed by atoms with Crippen LogP contribution in [0, 0.1) is 5.82 Å². The fourth-order valence-electron chi connectivity index (χ4n) is 1.82. The molecular weight excluding hydrogens is 229 g/mol.